The molecule has 3 fully saturated rings. The molecule has 4 aliphatic rings. The number of likely N-dealkylation sites (tertiary alicyclic amines) is 1. The van der Waals surface area contributed by atoms with Crippen LogP contribution in [-0.4, -0.2) is 144 Å². The topological polar surface area (TPSA) is 227 Å². The first-order valence-corrected chi connectivity index (χ1v) is 16.7. The molecule has 3 saturated heterocycles. The molecule has 0 bridgehead atoms. The highest BCUT2D eigenvalue weighted by Crippen LogP contribution is 2.54. The molecule has 1 aromatic heterocycles. The Hall–Kier alpha value is -4.16. The van der Waals surface area contributed by atoms with Crippen molar-refractivity contribution in [1.82, 2.24) is 10.1 Å². The highest BCUT2D eigenvalue weighted by Gasteiger charge is 2.47. The van der Waals surface area contributed by atoms with Gasteiger partial charge in [0.15, 0.2) is 0 Å². The minimum absolute atomic E-state index is 0.148. The molecule has 0 unspecified atom stereocenters. The molecule has 1 spiro atoms. The van der Waals surface area contributed by atoms with E-state index < -0.39 is 79.7 Å². The molecule has 0 radical (unpaired) electrons. The van der Waals surface area contributed by atoms with Crippen LogP contribution in [0.25, 0.3) is 11.1 Å². The number of aromatic nitrogens is 1. The van der Waals surface area contributed by atoms with Crippen molar-refractivity contribution in [3.8, 4) is 34.8 Å². The van der Waals surface area contributed by atoms with Crippen LogP contribution in [0.1, 0.15) is 45.7 Å². The number of fused-ring (bicyclic) bond motifs is 5. The molecular weight excluding hydrogens is 664 g/mol. The summed E-state index contributed by atoms with van der Waals surface area (Å²) >= 11 is 0. The Kier molecular flexibility index (Phi) is 9.75. The van der Waals surface area contributed by atoms with Gasteiger partial charge in [-0.1, -0.05) is 41.0 Å². The number of hydrogen-bond acceptors (Lipinski definition) is 13. The van der Waals surface area contributed by atoms with Gasteiger partial charge in [-0.3, -0.25) is 4.79 Å². The maximum Gasteiger partial charge on any atom is 0.292 e. The van der Waals surface area contributed by atoms with E-state index in [1.165, 1.54) is 12.3 Å². The second-order valence-corrected chi connectivity index (χ2v) is 13.3. The quantitative estimate of drug-likeness (QED) is 0.142. The number of hydrogen-bond donors (Lipinski definition) is 8. The number of amides is 1. The lowest BCUT2D eigenvalue weighted by atomic mass is 9.70. The third-order valence-electron chi connectivity index (χ3n) is 10.4. The molecule has 14 heteroatoms. The lowest BCUT2D eigenvalue weighted by Gasteiger charge is -2.40. The summed E-state index contributed by atoms with van der Waals surface area (Å²) < 4.78 is 16.3. The zero-order valence-corrected chi connectivity index (χ0v) is 27.2. The predicted molar refractivity (Wildman–Crippen MR) is 176 cm³/mol. The van der Waals surface area contributed by atoms with Gasteiger partial charge in [0.05, 0.1) is 19.4 Å². The number of piperidine rings is 1. The molecule has 1 aliphatic carbocycles. The van der Waals surface area contributed by atoms with Crippen molar-refractivity contribution < 1.29 is 59.6 Å². The molecule has 3 aliphatic heterocycles. The summed E-state index contributed by atoms with van der Waals surface area (Å²) in [5.74, 6) is 11.6. The third-order valence-corrected chi connectivity index (χ3v) is 10.4. The van der Waals surface area contributed by atoms with Gasteiger partial charge in [-0.25, -0.2) is 0 Å². The average molecular weight is 703 g/mol. The zero-order valence-electron chi connectivity index (χ0n) is 27.2. The van der Waals surface area contributed by atoms with Crippen molar-refractivity contribution >= 4 is 5.91 Å². The van der Waals surface area contributed by atoms with Crippen molar-refractivity contribution in [2.45, 2.75) is 79.3 Å². The van der Waals surface area contributed by atoms with E-state index in [0.29, 0.717) is 37.1 Å². The molecule has 51 heavy (non-hydrogen) atoms. The average Bonchev–Trinajstić information content (AvgIpc) is 3.78. The van der Waals surface area contributed by atoms with E-state index in [4.69, 9.17) is 14.0 Å². The van der Waals surface area contributed by atoms with Crippen molar-refractivity contribution in [3.05, 3.63) is 76.7 Å². The van der Waals surface area contributed by atoms with Crippen LogP contribution >= 0.6 is 0 Å². The summed E-state index contributed by atoms with van der Waals surface area (Å²) in [6, 6.07) is 13.0. The van der Waals surface area contributed by atoms with Crippen LogP contribution in [0, 0.1) is 23.7 Å². The van der Waals surface area contributed by atoms with Crippen LogP contribution in [-0.2, 0) is 14.9 Å². The molecule has 1 amide bonds. The summed E-state index contributed by atoms with van der Waals surface area (Å²) in [6.07, 6.45) is -11.0. The summed E-state index contributed by atoms with van der Waals surface area (Å²) in [7, 11) is 0. The van der Waals surface area contributed by atoms with E-state index in [9.17, 15) is 45.6 Å². The minimum atomic E-state index is -1.55. The Morgan fingerprint density at radius 2 is 1.22 bits per heavy atom. The van der Waals surface area contributed by atoms with Gasteiger partial charge in [-0.15, -0.1) is 0 Å². The number of aliphatic hydroxyl groups excluding tert-OH is 8. The van der Waals surface area contributed by atoms with E-state index in [2.05, 4.69) is 28.8 Å². The Labute approximate surface area is 292 Å². The molecule has 14 nitrogen and oxygen atoms in total. The molecular formula is C37H38N2O12. The van der Waals surface area contributed by atoms with Crippen LogP contribution < -0.4 is 0 Å². The highest BCUT2D eigenvalue weighted by molar-refractivity contribution is 5.91. The fraction of sp³-hybridized carbons (Fsp3) is 0.459. The number of aliphatic hydroxyl groups is 8. The molecule has 10 atom stereocenters. The summed E-state index contributed by atoms with van der Waals surface area (Å²) in [5.41, 5.74) is 4.51. The molecule has 4 heterocycles. The van der Waals surface area contributed by atoms with Crippen molar-refractivity contribution in [2.75, 3.05) is 26.3 Å². The third kappa shape index (κ3) is 6.24. The van der Waals surface area contributed by atoms with Crippen LogP contribution in [0.4, 0.5) is 0 Å². The molecule has 7 rings (SSSR count). The Balaban J connectivity index is 1.22. The van der Waals surface area contributed by atoms with E-state index in [1.54, 1.807) is 4.90 Å². The van der Waals surface area contributed by atoms with Crippen LogP contribution in [0.15, 0.2) is 53.2 Å². The smallest absolute Gasteiger partial charge is 0.292 e. The Morgan fingerprint density at radius 3 is 1.65 bits per heavy atom. The number of benzene rings is 2. The van der Waals surface area contributed by atoms with Gasteiger partial charge < -0.3 is 59.7 Å². The van der Waals surface area contributed by atoms with E-state index in [0.717, 1.165) is 22.3 Å². The van der Waals surface area contributed by atoms with Crippen LogP contribution in [0.2, 0.25) is 0 Å². The first-order chi connectivity index (χ1) is 24.6. The first kappa shape index (κ1) is 35.3. The van der Waals surface area contributed by atoms with Gasteiger partial charge in [0.2, 0.25) is 5.76 Å². The highest BCUT2D eigenvalue weighted by atomic mass is 16.6. The van der Waals surface area contributed by atoms with Gasteiger partial charge in [0.1, 0.15) is 61.0 Å². The van der Waals surface area contributed by atoms with Gasteiger partial charge in [0.25, 0.3) is 5.91 Å². The van der Waals surface area contributed by atoms with Crippen molar-refractivity contribution in [2.24, 2.45) is 0 Å². The fourth-order valence-electron chi connectivity index (χ4n) is 7.51. The second kappa shape index (κ2) is 14.1. The van der Waals surface area contributed by atoms with Crippen LogP contribution in [0.3, 0.4) is 0 Å². The first-order valence-electron chi connectivity index (χ1n) is 16.7. The lowest BCUT2D eigenvalue weighted by Crippen LogP contribution is -2.58. The minimum Gasteiger partial charge on any atom is -0.394 e. The fourth-order valence-corrected chi connectivity index (χ4v) is 7.51. The van der Waals surface area contributed by atoms with Crippen molar-refractivity contribution in [1.29, 1.82) is 0 Å². The molecule has 8 N–H and O–H groups in total. The van der Waals surface area contributed by atoms with E-state index in [1.807, 2.05) is 36.4 Å². The number of carbonyl (C=O) groups excluding carboxylic acids is 1. The maximum atomic E-state index is 13.2. The normalized spacial score (nSPS) is 32.3. The molecule has 0 saturated carbocycles. The summed E-state index contributed by atoms with van der Waals surface area (Å²) in [4.78, 5) is 14.9. The SMILES string of the molecule is O=C(c1ccno1)N1CCC2(CC1)c1cc(C#C[C@H]3O[C@H](CO)[C@@H](O)[C@H](O)[C@@H]3O)ccc1-c1ccc(C#C[C@H]3O[C@H](CO)[C@@H](O)[C@H](O)[C@@H]3O)cc12. The second-order valence-electron chi connectivity index (χ2n) is 13.3. The van der Waals surface area contributed by atoms with E-state index >= 15 is 0 Å². The molecule has 3 aromatic rings. The number of carbonyl (C=O) groups is 1. The lowest BCUT2D eigenvalue weighted by molar-refractivity contribution is -0.214. The predicted octanol–water partition coefficient (Wildman–Crippen LogP) is -1.73. The van der Waals surface area contributed by atoms with Gasteiger partial charge in [0, 0.05) is 35.7 Å². The number of ether oxygens (including phenoxy) is 2. The van der Waals surface area contributed by atoms with Gasteiger partial charge in [-0.2, -0.15) is 0 Å². The maximum absolute atomic E-state index is 13.2. The van der Waals surface area contributed by atoms with Gasteiger partial charge >= 0.3 is 0 Å². The largest absolute Gasteiger partial charge is 0.394 e. The zero-order chi connectivity index (χ0) is 36.0. The van der Waals surface area contributed by atoms with E-state index in [-0.39, 0.29) is 11.7 Å². The number of rotatable bonds is 3. The summed E-state index contributed by atoms with van der Waals surface area (Å²) in [6.45, 7) is -0.318. The monoisotopic (exact) mass is 702 g/mol. The Morgan fingerprint density at radius 1 is 0.725 bits per heavy atom. The summed E-state index contributed by atoms with van der Waals surface area (Å²) in [5, 5.41) is 84.5. The number of nitrogens with zero attached hydrogens (tertiary/aromatic N) is 2. The van der Waals surface area contributed by atoms with Gasteiger partial charge in [-0.05, 0) is 59.4 Å². The van der Waals surface area contributed by atoms with Crippen molar-refractivity contribution in [3.63, 3.8) is 0 Å². The van der Waals surface area contributed by atoms with Crippen LogP contribution in [0.5, 0.6) is 0 Å². The Bertz CT molecular complexity index is 1780. The standard InChI is InChI=1S/C37H38N2O12/c40-17-28-32(44)34(46)30(42)25(49-28)7-3-19-1-5-21-22-6-2-20(4-8-26-31(43)35(47)33(45)29(18-41)50-26)16-24(22)37(23(21)15-19)10-13-39(14-11-37)36(48)27-9-12-38-51-27/h1-2,5-6,9,12,15-16,25-26,28-35,40-47H,10-11,13-14,17-18H2/t25-,26-,28-,29-,30-,31-,32-,33-,34-,35-/m1/s1. The molecule has 2 aromatic carbocycles. The molecule has 268 valence electrons.